The smallest absolute Gasteiger partial charge is 0.254 e. The number of carbonyl (C=O) groups excluding carboxylic acids is 2. The van der Waals surface area contributed by atoms with Gasteiger partial charge in [0.25, 0.3) is 5.91 Å². The maximum Gasteiger partial charge on any atom is 0.254 e. The molecule has 3 aliphatic heterocycles. The highest BCUT2D eigenvalue weighted by molar-refractivity contribution is 6.07. The SMILES string of the molecule is CN1C(=O)C2CCCCN2c2ccc(C(=O)N3CCN(c4ccccn4)CC3)cc21. The van der Waals surface area contributed by atoms with Gasteiger partial charge >= 0.3 is 0 Å². The van der Waals surface area contributed by atoms with E-state index in [-0.39, 0.29) is 17.9 Å². The van der Waals surface area contributed by atoms with Crippen molar-refractivity contribution in [2.45, 2.75) is 25.3 Å². The van der Waals surface area contributed by atoms with Gasteiger partial charge < -0.3 is 19.6 Å². The molecule has 30 heavy (non-hydrogen) atoms. The number of pyridine rings is 1. The Hall–Kier alpha value is -3.09. The zero-order valence-corrected chi connectivity index (χ0v) is 17.3. The molecule has 2 amide bonds. The molecule has 1 aromatic heterocycles. The van der Waals surface area contributed by atoms with Crippen LogP contribution in [0.1, 0.15) is 29.6 Å². The summed E-state index contributed by atoms with van der Waals surface area (Å²) < 4.78 is 0. The Bertz CT molecular complexity index is 955. The quantitative estimate of drug-likeness (QED) is 0.768. The van der Waals surface area contributed by atoms with Crippen molar-refractivity contribution in [1.82, 2.24) is 9.88 Å². The molecule has 0 N–H and O–H groups in total. The Kier molecular flexibility index (Phi) is 4.81. The molecule has 3 aliphatic rings. The third-order valence-corrected chi connectivity index (χ3v) is 6.55. The number of nitrogens with zero attached hydrogens (tertiary/aromatic N) is 5. The van der Waals surface area contributed by atoms with Gasteiger partial charge in [-0.25, -0.2) is 4.98 Å². The minimum Gasteiger partial charge on any atom is -0.358 e. The fourth-order valence-corrected chi connectivity index (χ4v) is 4.85. The van der Waals surface area contributed by atoms with E-state index in [4.69, 9.17) is 0 Å². The number of anilines is 3. The van der Waals surface area contributed by atoms with E-state index in [0.29, 0.717) is 18.7 Å². The number of fused-ring (bicyclic) bond motifs is 3. The number of hydrogen-bond acceptors (Lipinski definition) is 5. The normalized spacial score (nSPS) is 21.4. The molecular formula is C23H27N5O2. The molecule has 0 radical (unpaired) electrons. The lowest BCUT2D eigenvalue weighted by Crippen LogP contribution is -2.54. The van der Waals surface area contributed by atoms with Crippen LogP contribution < -0.4 is 14.7 Å². The molecule has 0 aliphatic carbocycles. The molecule has 1 atom stereocenters. The van der Waals surface area contributed by atoms with Gasteiger partial charge in [-0.1, -0.05) is 6.07 Å². The highest BCUT2D eigenvalue weighted by Gasteiger charge is 2.38. The van der Waals surface area contributed by atoms with Crippen LogP contribution in [0.2, 0.25) is 0 Å². The zero-order valence-electron chi connectivity index (χ0n) is 17.3. The molecule has 4 heterocycles. The van der Waals surface area contributed by atoms with Crippen LogP contribution in [-0.4, -0.2) is 67.5 Å². The summed E-state index contributed by atoms with van der Waals surface area (Å²) in [4.78, 5) is 38.5. The van der Waals surface area contributed by atoms with Crippen molar-refractivity contribution in [3.8, 4) is 0 Å². The number of piperazine rings is 1. The molecule has 2 saturated heterocycles. The van der Waals surface area contributed by atoms with Crippen molar-refractivity contribution in [2.24, 2.45) is 0 Å². The predicted octanol–water partition coefficient (Wildman–Crippen LogP) is 2.38. The molecule has 1 aromatic carbocycles. The number of piperidine rings is 1. The zero-order chi connectivity index (χ0) is 20.7. The van der Waals surface area contributed by atoms with E-state index in [1.807, 2.05) is 48.3 Å². The largest absolute Gasteiger partial charge is 0.358 e. The van der Waals surface area contributed by atoms with Crippen molar-refractivity contribution < 1.29 is 9.59 Å². The summed E-state index contributed by atoms with van der Waals surface area (Å²) in [5.74, 6) is 1.12. The lowest BCUT2D eigenvalue weighted by molar-refractivity contribution is -0.120. The average molecular weight is 406 g/mol. The monoisotopic (exact) mass is 405 g/mol. The maximum atomic E-state index is 13.2. The Balaban J connectivity index is 1.33. The number of hydrogen-bond donors (Lipinski definition) is 0. The van der Waals surface area contributed by atoms with Crippen LogP contribution in [-0.2, 0) is 4.79 Å². The predicted molar refractivity (Wildman–Crippen MR) is 117 cm³/mol. The summed E-state index contributed by atoms with van der Waals surface area (Å²) in [5, 5.41) is 0. The molecule has 0 spiro atoms. The standard InChI is InChI=1S/C23H27N5O2/c1-25-20-16-17(8-9-18(20)28-11-5-3-6-19(28)23(25)30)22(29)27-14-12-26(13-15-27)21-7-2-4-10-24-21/h2,4,7-10,16,19H,3,5-6,11-15H2,1H3. The first-order valence-corrected chi connectivity index (χ1v) is 10.8. The number of benzene rings is 1. The average Bonchev–Trinajstić information content (AvgIpc) is 2.82. The van der Waals surface area contributed by atoms with E-state index in [1.165, 1.54) is 0 Å². The minimum absolute atomic E-state index is 0.0279. The second-order valence-electron chi connectivity index (χ2n) is 8.27. The van der Waals surface area contributed by atoms with Gasteiger partial charge in [0.1, 0.15) is 11.9 Å². The number of likely N-dealkylation sites (N-methyl/N-ethyl adjacent to an activating group) is 1. The van der Waals surface area contributed by atoms with E-state index in [2.05, 4.69) is 14.8 Å². The molecule has 2 fully saturated rings. The van der Waals surface area contributed by atoms with Gasteiger partial charge in [-0.2, -0.15) is 0 Å². The molecule has 7 nitrogen and oxygen atoms in total. The van der Waals surface area contributed by atoms with Crippen LogP contribution >= 0.6 is 0 Å². The van der Waals surface area contributed by atoms with Crippen molar-refractivity contribution in [2.75, 3.05) is 54.5 Å². The highest BCUT2D eigenvalue weighted by atomic mass is 16.2. The summed E-state index contributed by atoms with van der Waals surface area (Å²) in [7, 11) is 1.83. The maximum absolute atomic E-state index is 13.2. The molecule has 156 valence electrons. The van der Waals surface area contributed by atoms with Crippen molar-refractivity contribution in [1.29, 1.82) is 0 Å². The lowest BCUT2D eigenvalue weighted by Gasteiger charge is -2.44. The fourth-order valence-electron chi connectivity index (χ4n) is 4.85. The minimum atomic E-state index is -0.0579. The third kappa shape index (κ3) is 3.18. The molecule has 2 aromatic rings. The van der Waals surface area contributed by atoms with Crippen LogP contribution in [0.5, 0.6) is 0 Å². The Morgan fingerprint density at radius 3 is 2.60 bits per heavy atom. The second-order valence-corrected chi connectivity index (χ2v) is 8.27. The van der Waals surface area contributed by atoms with E-state index in [0.717, 1.165) is 56.1 Å². The Labute approximate surface area is 176 Å². The third-order valence-electron chi connectivity index (χ3n) is 6.55. The van der Waals surface area contributed by atoms with Gasteiger partial charge in [0.05, 0.1) is 11.4 Å². The molecule has 1 unspecified atom stereocenters. The summed E-state index contributed by atoms with van der Waals surface area (Å²) >= 11 is 0. The van der Waals surface area contributed by atoms with Crippen LogP contribution in [0.15, 0.2) is 42.6 Å². The fraction of sp³-hybridized carbons (Fsp3) is 0.435. The van der Waals surface area contributed by atoms with Crippen LogP contribution in [0.25, 0.3) is 0 Å². The number of amides is 2. The summed E-state index contributed by atoms with van der Waals surface area (Å²) in [6, 6.07) is 11.7. The van der Waals surface area contributed by atoms with Crippen LogP contribution in [0, 0.1) is 0 Å². The number of carbonyl (C=O) groups is 2. The Morgan fingerprint density at radius 2 is 1.83 bits per heavy atom. The summed E-state index contributed by atoms with van der Waals surface area (Å²) in [6.07, 6.45) is 4.90. The van der Waals surface area contributed by atoms with Gasteiger partial charge in [-0.15, -0.1) is 0 Å². The van der Waals surface area contributed by atoms with Crippen molar-refractivity contribution in [3.05, 3.63) is 48.2 Å². The molecular weight excluding hydrogens is 378 g/mol. The topological polar surface area (TPSA) is 60.0 Å². The Morgan fingerprint density at radius 1 is 1.00 bits per heavy atom. The first-order valence-electron chi connectivity index (χ1n) is 10.8. The van der Waals surface area contributed by atoms with Gasteiger partial charge in [0.2, 0.25) is 5.91 Å². The first-order chi connectivity index (χ1) is 14.6. The number of aromatic nitrogens is 1. The van der Waals surface area contributed by atoms with Crippen molar-refractivity contribution >= 4 is 29.0 Å². The van der Waals surface area contributed by atoms with Crippen LogP contribution in [0.3, 0.4) is 0 Å². The lowest BCUT2D eigenvalue weighted by atomic mass is 9.95. The van der Waals surface area contributed by atoms with E-state index >= 15 is 0 Å². The summed E-state index contributed by atoms with van der Waals surface area (Å²) in [5.41, 5.74) is 2.56. The van der Waals surface area contributed by atoms with Gasteiger partial charge in [-0.3, -0.25) is 9.59 Å². The van der Waals surface area contributed by atoms with Crippen molar-refractivity contribution in [3.63, 3.8) is 0 Å². The van der Waals surface area contributed by atoms with E-state index < -0.39 is 0 Å². The van der Waals surface area contributed by atoms with Gasteiger partial charge in [0.15, 0.2) is 0 Å². The van der Waals surface area contributed by atoms with Gasteiger partial charge in [-0.05, 0) is 49.6 Å². The molecule has 0 saturated carbocycles. The van der Waals surface area contributed by atoms with E-state index in [9.17, 15) is 9.59 Å². The second kappa shape index (κ2) is 7.63. The number of rotatable bonds is 2. The molecule has 5 rings (SSSR count). The van der Waals surface area contributed by atoms with Crippen LogP contribution in [0.4, 0.5) is 17.2 Å². The van der Waals surface area contributed by atoms with Gasteiger partial charge in [0, 0.05) is 51.5 Å². The van der Waals surface area contributed by atoms with E-state index in [1.54, 1.807) is 11.1 Å². The molecule has 7 heteroatoms. The summed E-state index contributed by atoms with van der Waals surface area (Å²) in [6.45, 7) is 3.76. The highest BCUT2D eigenvalue weighted by Crippen LogP contribution is 2.39. The first kappa shape index (κ1) is 18.9. The molecule has 0 bridgehead atoms.